The summed E-state index contributed by atoms with van der Waals surface area (Å²) in [6, 6.07) is 9.90. The number of amides is 1. The standard InChI is InChI=1S/C18H21N3O/c1-2-21-10-8-18(21)7-9-20(13-18)17(22)15-11-14-5-3-4-6-16(14)19-12-15/h3-6,11-12H,2,7-10,13H2,1H3/t18-/m0/s1. The molecule has 0 unspecified atom stereocenters. The van der Waals surface area contributed by atoms with Gasteiger partial charge < -0.3 is 4.90 Å². The number of hydrogen-bond donors (Lipinski definition) is 0. The summed E-state index contributed by atoms with van der Waals surface area (Å²) >= 11 is 0. The zero-order chi connectivity index (χ0) is 15.2. The maximum Gasteiger partial charge on any atom is 0.255 e. The van der Waals surface area contributed by atoms with Crippen molar-refractivity contribution in [2.45, 2.75) is 25.3 Å². The number of benzene rings is 1. The molecule has 2 saturated heterocycles. The molecule has 0 N–H and O–H groups in total. The van der Waals surface area contributed by atoms with E-state index in [1.807, 2.05) is 35.2 Å². The van der Waals surface area contributed by atoms with Crippen LogP contribution in [0.5, 0.6) is 0 Å². The van der Waals surface area contributed by atoms with Crippen molar-refractivity contribution >= 4 is 16.8 Å². The minimum Gasteiger partial charge on any atom is -0.337 e. The Labute approximate surface area is 130 Å². The Bertz CT molecular complexity index is 727. The van der Waals surface area contributed by atoms with Gasteiger partial charge in [-0.1, -0.05) is 25.1 Å². The maximum absolute atomic E-state index is 12.8. The first-order valence-corrected chi connectivity index (χ1v) is 8.11. The van der Waals surface area contributed by atoms with E-state index in [1.165, 1.54) is 13.0 Å². The van der Waals surface area contributed by atoms with Crippen molar-refractivity contribution < 1.29 is 4.79 Å². The predicted molar refractivity (Wildman–Crippen MR) is 86.9 cm³/mol. The molecule has 0 bridgehead atoms. The van der Waals surface area contributed by atoms with Crippen molar-refractivity contribution in [2.75, 3.05) is 26.2 Å². The van der Waals surface area contributed by atoms with Crippen LogP contribution in [0.1, 0.15) is 30.1 Å². The second-order valence-electron chi connectivity index (χ2n) is 6.45. The molecular formula is C18H21N3O. The Morgan fingerprint density at radius 3 is 2.86 bits per heavy atom. The summed E-state index contributed by atoms with van der Waals surface area (Å²) in [7, 11) is 0. The molecule has 1 spiro atoms. The smallest absolute Gasteiger partial charge is 0.255 e. The van der Waals surface area contributed by atoms with Gasteiger partial charge in [-0.25, -0.2) is 0 Å². The van der Waals surface area contributed by atoms with E-state index >= 15 is 0 Å². The average Bonchev–Trinajstić information content (AvgIpc) is 3.01. The van der Waals surface area contributed by atoms with Gasteiger partial charge in [-0.15, -0.1) is 0 Å². The molecule has 0 aliphatic carbocycles. The molecule has 1 aromatic heterocycles. The molecule has 114 valence electrons. The average molecular weight is 295 g/mol. The molecule has 4 heteroatoms. The molecule has 1 amide bonds. The molecule has 22 heavy (non-hydrogen) atoms. The summed E-state index contributed by atoms with van der Waals surface area (Å²) in [4.78, 5) is 21.7. The molecule has 2 aliphatic rings. The number of para-hydroxylation sites is 1. The van der Waals surface area contributed by atoms with E-state index in [1.54, 1.807) is 6.20 Å². The monoisotopic (exact) mass is 295 g/mol. The highest BCUT2D eigenvalue weighted by Gasteiger charge is 2.49. The molecule has 4 rings (SSSR count). The van der Waals surface area contributed by atoms with Gasteiger partial charge in [-0.2, -0.15) is 0 Å². The summed E-state index contributed by atoms with van der Waals surface area (Å²) in [5.74, 6) is 0.123. The third-order valence-electron chi connectivity index (χ3n) is 5.36. The lowest BCUT2D eigenvalue weighted by atomic mass is 9.84. The number of aromatic nitrogens is 1. The van der Waals surface area contributed by atoms with Crippen LogP contribution >= 0.6 is 0 Å². The Morgan fingerprint density at radius 1 is 1.27 bits per heavy atom. The van der Waals surface area contributed by atoms with E-state index in [9.17, 15) is 4.79 Å². The van der Waals surface area contributed by atoms with E-state index in [0.717, 1.165) is 37.0 Å². The first kappa shape index (κ1) is 13.7. The maximum atomic E-state index is 12.8. The van der Waals surface area contributed by atoms with Gasteiger partial charge in [0, 0.05) is 36.8 Å². The van der Waals surface area contributed by atoms with Crippen molar-refractivity contribution in [3.63, 3.8) is 0 Å². The molecular weight excluding hydrogens is 274 g/mol. The van der Waals surface area contributed by atoms with Crippen molar-refractivity contribution in [1.82, 2.24) is 14.8 Å². The van der Waals surface area contributed by atoms with Crippen LogP contribution in [-0.2, 0) is 0 Å². The van der Waals surface area contributed by atoms with E-state index < -0.39 is 0 Å². The van der Waals surface area contributed by atoms with Crippen LogP contribution in [0.2, 0.25) is 0 Å². The minimum absolute atomic E-state index is 0.123. The summed E-state index contributed by atoms with van der Waals surface area (Å²) in [6.07, 6.45) is 4.04. The number of carbonyl (C=O) groups excluding carboxylic acids is 1. The highest BCUT2D eigenvalue weighted by Crippen LogP contribution is 2.39. The van der Waals surface area contributed by atoms with Gasteiger partial charge in [0.15, 0.2) is 0 Å². The number of likely N-dealkylation sites (tertiary alicyclic amines) is 2. The molecule has 0 radical (unpaired) electrons. The Hall–Kier alpha value is -1.94. The van der Waals surface area contributed by atoms with E-state index in [4.69, 9.17) is 0 Å². The summed E-state index contributed by atoms with van der Waals surface area (Å²) in [5.41, 5.74) is 1.90. The largest absolute Gasteiger partial charge is 0.337 e. The van der Waals surface area contributed by atoms with Crippen molar-refractivity contribution in [3.8, 4) is 0 Å². The van der Waals surface area contributed by atoms with Gasteiger partial charge in [0.2, 0.25) is 0 Å². The molecule has 2 aliphatic heterocycles. The van der Waals surface area contributed by atoms with Crippen molar-refractivity contribution in [3.05, 3.63) is 42.1 Å². The molecule has 2 aromatic rings. The fourth-order valence-corrected chi connectivity index (χ4v) is 3.94. The number of carbonyl (C=O) groups is 1. The lowest BCUT2D eigenvalue weighted by Gasteiger charge is -2.50. The summed E-state index contributed by atoms with van der Waals surface area (Å²) in [5, 5.41) is 1.03. The third kappa shape index (κ3) is 2.02. The molecule has 4 nitrogen and oxygen atoms in total. The first-order valence-electron chi connectivity index (χ1n) is 8.11. The normalized spacial score (nSPS) is 24.9. The van der Waals surface area contributed by atoms with Gasteiger partial charge in [0.1, 0.15) is 0 Å². The lowest BCUT2D eigenvalue weighted by Crippen LogP contribution is -2.61. The summed E-state index contributed by atoms with van der Waals surface area (Å²) < 4.78 is 0. The number of rotatable bonds is 2. The van der Waals surface area contributed by atoms with Crippen LogP contribution in [0.4, 0.5) is 0 Å². The van der Waals surface area contributed by atoms with Crippen LogP contribution < -0.4 is 0 Å². The van der Waals surface area contributed by atoms with Gasteiger partial charge in [0.05, 0.1) is 11.1 Å². The topological polar surface area (TPSA) is 36.4 Å². The third-order valence-corrected chi connectivity index (χ3v) is 5.36. The number of hydrogen-bond acceptors (Lipinski definition) is 3. The fraction of sp³-hybridized carbons (Fsp3) is 0.444. The van der Waals surface area contributed by atoms with Gasteiger partial charge >= 0.3 is 0 Å². The highest BCUT2D eigenvalue weighted by molar-refractivity contribution is 5.97. The van der Waals surface area contributed by atoms with Crippen molar-refractivity contribution in [1.29, 1.82) is 0 Å². The van der Waals surface area contributed by atoms with E-state index in [2.05, 4.69) is 16.8 Å². The predicted octanol–water partition coefficient (Wildman–Crippen LogP) is 2.55. The molecule has 1 atom stereocenters. The van der Waals surface area contributed by atoms with Crippen LogP contribution in [0.25, 0.3) is 10.9 Å². The van der Waals surface area contributed by atoms with Crippen molar-refractivity contribution in [2.24, 2.45) is 0 Å². The number of nitrogens with zero attached hydrogens (tertiary/aromatic N) is 3. The quantitative estimate of drug-likeness (QED) is 0.854. The molecule has 3 heterocycles. The molecule has 1 aromatic carbocycles. The first-order chi connectivity index (χ1) is 10.7. The lowest BCUT2D eigenvalue weighted by molar-refractivity contribution is -0.000766. The number of likely N-dealkylation sites (N-methyl/N-ethyl adjacent to an activating group) is 1. The van der Waals surface area contributed by atoms with E-state index in [-0.39, 0.29) is 11.4 Å². The second-order valence-corrected chi connectivity index (χ2v) is 6.45. The fourth-order valence-electron chi connectivity index (χ4n) is 3.94. The summed E-state index contributed by atoms with van der Waals surface area (Å²) in [6.45, 7) is 6.20. The minimum atomic E-state index is 0.123. The zero-order valence-corrected chi connectivity index (χ0v) is 13.0. The van der Waals surface area contributed by atoms with Gasteiger partial charge in [-0.05, 0) is 31.5 Å². The Balaban J connectivity index is 1.56. The molecule has 0 saturated carbocycles. The van der Waals surface area contributed by atoms with Gasteiger partial charge in [-0.3, -0.25) is 14.7 Å². The highest BCUT2D eigenvalue weighted by atomic mass is 16.2. The SMILES string of the molecule is CCN1CC[C@]12CCN(C(=O)c1cnc3ccccc3c1)C2. The zero-order valence-electron chi connectivity index (χ0n) is 13.0. The van der Waals surface area contributed by atoms with Crippen LogP contribution in [0, 0.1) is 0 Å². The van der Waals surface area contributed by atoms with Crippen LogP contribution in [0.15, 0.2) is 36.5 Å². The number of pyridine rings is 1. The van der Waals surface area contributed by atoms with Crippen LogP contribution in [0.3, 0.4) is 0 Å². The Morgan fingerprint density at radius 2 is 2.09 bits per heavy atom. The van der Waals surface area contributed by atoms with E-state index in [0.29, 0.717) is 5.56 Å². The van der Waals surface area contributed by atoms with Gasteiger partial charge in [0.25, 0.3) is 5.91 Å². The second kappa shape index (κ2) is 5.06. The van der Waals surface area contributed by atoms with Crippen LogP contribution in [-0.4, -0.2) is 52.4 Å². The Kier molecular flexibility index (Phi) is 3.15. The molecule has 2 fully saturated rings. The number of fused-ring (bicyclic) bond motifs is 1.